The molecule has 0 aliphatic heterocycles. The van der Waals surface area contributed by atoms with Gasteiger partial charge in [-0.15, -0.1) is 16.4 Å². The number of aromatic nitrogens is 3. The van der Waals surface area contributed by atoms with Crippen LogP contribution < -0.4 is 10.4 Å². The molecule has 2 aromatic rings. The lowest BCUT2D eigenvalue weighted by atomic mass is 10.4. The summed E-state index contributed by atoms with van der Waals surface area (Å²) in [5, 5.41) is 5.60. The van der Waals surface area contributed by atoms with Crippen molar-refractivity contribution >= 4 is 17.3 Å². The minimum atomic E-state index is -0.502. The van der Waals surface area contributed by atoms with Crippen molar-refractivity contribution in [2.24, 2.45) is 7.05 Å². The van der Waals surface area contributed by atoms with E-state index in [4.69, 9.17) is 4.74 Å². The van der Waals surface area contributed by atoms with Gasteiger partial charge in [-0.05, 0) is 11.4 Å². The molecule has 0 saturated heterocycles. The first-order valence-electron chi connectivity index (χ1n) is 4.96. The number of rotatable bonds is 3. The van der Waals surface area contributed by atoms with Crippen LogP contribution in [0.5, 0.6) is 6.01 Å². The maximum atomic E-state index is 11.9. The van der Waals surface area contributed by atoms with Gasteiger partial charge < -0.3 is 9.47 Å². The fourth-order valence-corrected chi connectivity index (χ4v) is 2.30. The highest BCUT2D eigenvalue weighted by Crippen LogP contribution is 2.23. The molecule has 0 aliphatic carbocycles. The van der Waals surface area contributed by atoms with Gasteiger partial charge in [-0.3, -0.25) is 0 Å². The molecular formula is C10H11N3O4S. The van der Waals surface area contributed by atoms with Gasteiger partial charge in [0.05, 0.1) is 19.9 Å². The Kier molecular flexibility index (Phi) is 3.19. The smallest absolute Gasteiger partial charge is 0.353 e. The molecule has 2 heterocycles. The van der Waals surface area contributed by atoms with Crippen LogP contribution in [-0.2, 0) is 11.8 Å². The molecule has 0 unspecified atom stereocenters. The maximum Gasteiger partial charge on any atom is 0.353 e. The van der Waals surface area contributed by atoms with E-state index in [1.165, 1.54) is 37.2 Å². The summed E-state index contributed by atoms with van der Waals surface area (Å²) in [7, 11) is 4.20. The average Bonchev–Trinajstić information content (AvgIpc) is 2.94. The van der Waals surface area contributed by atoms with Gasteiger partial charge in [0.25, 0.3) is 0 Å². The van der Waals surface area contributed by atoms with Gasteiger partial charge in [-0.25, -0.2) is 18.8 Å². The number of hydrogen-bond acceptors (Lipinski definition) is 6. The number of carbonyl (C=O) groups is 1. The lowest BCUT2D eigenvalue weighted by molar-refractivity contribution is 0.0606. The number of aryl methyl sites for hydroxylation is 1. The van der Waals surface area contributed by atoms with Crippen LogP contribution in [0.1, 0.15) is 9.67 Å². The quantitative estimate of drug-likeness (QED) is 0.755. The monoisotopic (exact) mass is 269 g/mol. The van der Waals surface area contributed by atoms with E-state index < -0.39 is 11.7 Å². The molecule has 8 heteroatoms. The van der Waals surface area contributed by atoms with E-state index in [2.05, 4.69) is 9.84 Å². The van der Waals surface area contributed by atoms with Crippen LogP contribution in [0.15, 0.2) is 16.2 Å². The molecule has 0 radical (unpaired) electrons. The van der Waals surface area contributed by atoms with E-state index in [9.17, 15) is 9.59 Å². The molecular weight excluding hydrogens is 258 g/mol. The first kappa shape index (κ1) is 12.4. The second-order valence-electron chi connectivity index (χ2n) is 3.35. The SMILES string of the molecule is COC(=O)c1sccc1-n1c(OC)nn(C)c1=O. The van der Waals surface area contributed by atoms with Crippen LogP contribution in [0.3, 0.4) is 0 Å². The van der Waals surface area contributed by atoms with Crippen molar-refractivity contribution in [2.45, 2.75) is 0 Å². The highest BCUT2D eigenvalue weighted by molar-refractivity contribution is 7.12. The number of ether oxygens (including phenoxy) is 2. The summed E-state index contributed by atoms with van der Waals surface area (Å²) in [6, 6.07) is 1.76. The van der Waals surface area contributed by atoms with Crippen molar-refractivity contribution in [1.29, 1.82) is 0 Å². The van der Waals surface area contributed by atoms with Crippen molar-refractivity contribution in [3.63, 3.8) is 0 Å². The van der Waals surface area contributed by atoms with Crippen molar-refractivity contribution in [3.8, 4) is 11.7 Å². The minimum absolute atomic E-state index is 0.117. The summed E-state index contributed by atoms with van der Waals surface area (Å²) in [5.74, 6) is -0.502. The molecule has 0 fully saturated rings. The zero-order valence-corrected chi connectivity index (χ0v) is 10.9. The molecule has 0 atom stereocenters. The lowest BCUT2D eigenvalue weighted by Gasteiger charge is -2.04. The van der Waals surface area contributed by atoms with E-state index in [-0.39, 0.29) is 6.01 Å². The largest absolute Gasteiger partial charge is 0.467 e. The molecule has 96 valence electrons. The second-order valence-corrected chi connectivity index (χ2v) is 4.27. The molecule has 7 nitrogen and oxygen atoms in total. The number of esters is 1. The van der Waals surface area contributed by atoms with Crippen molar-refractivity contribution in [1.82, 2.24) is 14.3 Å². The summed E-state index contributed by atoms with van der Waals surface area (Å²) < 4.78 is 12.0. The van der Waals surface area contributed by atoms with E-state index in [0.29, 0.717) is 10.6 Å². The van der Waals surface area contributed by atoms with Gasteiger partial charge in [-0.2, -0.15) is 0 Å². The number of methoxy groups -OCH3 is 2. The van der Waals surface area contributed by atoms with E-state index in [1.54, 1.807) is 11.4 Å². The van der Waals surface area contributed by atoms with Crippen LogP contribution in [0.2, 0.25) is 0 Å². The Hall–Kier alpha value is -2.09. The van der Waals surface area contributed by atoms with Gasteiger partial charge in [0.1, 0.15) is 4.88 Å². The third kappa shape index (κ3) is 1.80. The molecule has 2 rings (SSSR count). The molecule has 0 aliphatic rings. The van der Waals surface area contributed by atoms with E-state index in [0.717, 1.165) is 4.68 Å². The summed E-state index contributed by atoms with van der Waals surface area (Å²) in [4.78, 5) is 23.9. The predicted molar refractivity (Wildman–Crippen MR) is 64.6 cm³/mol. The van der Waals surface area contributed by atoms with Crippen LogP contribution in [-0.4, -0.2) is 34.5 Å². The molecule has 2 aromatic heterocycles. The first-order valence-corrected chi connectivity index (χ1v) is 5.84. The molecule has 0 saturated carbocycles. The fourth-order valence-electron chi connectivity index (χ4n) is 1.50. The Balaban J connectivity index is 2.66. The zero-order valence-electron chi connectivity index (χ0n) is 10.0. The number of nitrogens with zero attached hydrogens (tertiary/aromatic N) is 3. The normalized spacial score (nSPS) is 10.4. The standard InChI is InChI=1S/C10H11N3O4S/c1-12-10(15)13(9(11-12)17-3)6-4-5-18-7(6)8(14)16-2/h4-5H,1-3H3. The Labute approximate surface area is 106 Å². The Morgan fingerprint density at radius 2 is 2.17 bits per heavy atom. The van der Waals surface area contributed by atoms with Gasteiger partial charge in [-0.1, -0.05) is 0 Å². The van der Waals surface area contributed by atoms with Crippen molar-refractivity contribution in [3.05, 3.63) is 26.8 Å². The molecule has 0 spiro atoms. The topological polar surface area (TPSA) is 75.3 Å². The van der Waals surface area contributed by atoms with Gasteiger partial charge >= 0.3 is 17.7 Å². The predicted octanol–water partition coefficient (Wildman–Crippen LogP) is 0.428. The minimum Gasteiger partial charge on any atom is -0.467 e. The Morgan fingerprint density at radius 3 is 2.78 bits per heavy atom. The first-order chi connectivity index (χ1) is 8.60. The van der Waals surface area contributed by atoms with Crippen molar-refractivity contribution < 1.29 is 14.3 Å². The van der Waals surface area contributed by atoms with E-state index >= 15 is 0 Å². The number of hydrogen-bond donors (Lipinski definition) is 0. The molecule has 0 aromatic carbocycles. The molecule has 0 bridgehead atoms. The highest BCUT2D eigenvalue weighted by Gasteiger charge is 2.21. The highest BCUT2D eigenvalue weighted by atomic mass is 32.1. The molecule has 0 amide bonds. The average molecular weight is 269 g/mol. The summed E-state index contributed by atoms with van der Waals surface area (Å²) >= 11 is 1.19. The van der Waals surface area contributed by atoms with Gasteiger partial charge in [0.15, 0.2) is 0 Å². The zero-order chi connectivity index (χ0) is 13.3. The van der Waals surface area contributed by atoms with Crippen LogP contribution in [0.25, 0.3) is 5.69 Å². The number of thiophene rings is 1. The fraction of sp³-hybridized carbons (Fsp3) is 0.300. The van der Waals surface area contributed by atoms with Gasteiger partial charge in [0.2, 0.25) is 0 Å². The second kappa shape index (κ2) is 4.65. The summed E-state index contributed by atoms with van der Waals surface area (Å²) in [6.45, 7) is 0. The lowest BCUT2D eigenvalue weighted by Crippen LogP contribution is -2.22. The third-order valence-corrected chi connectivity index (χ3v) is 3.22. The summed E-state index contributed by atoms with van der Waals surface area (Å²) in [6.07, 6.45) is 0. The van der Waals surface area contributed by atoms with Gasteiger partial charge in [0, 0.05) is 7.05 Å². The maximum absolute atomic E-state index is 11.9. The van der Waals surface area contributed by atoms with Crippen LogP contribution in [0, 0.1) is 0 Å². The Morgan fingerprint density at radius 1 is 1.44 bits per heavy atom. The molecule has 0 N–H and O–H groups in total. The van der Waals surface area contributed by atoms with Crippen molar-refractivity contribution in [2.75, 3.05) is 14.2 Å². The number of carbonyl (C=O) groups excluding carboxylic acids is 1. The molecule has 18 heavy (non-hydrogen) atoms. The van der Waals surface area contributed by atoms with E-state index in [1.807, 2.05) is 0 Å². The third-order valence-electron chi connectivity index (χ3n) is 2.33. The van der Waals surface area contributed by atoms with Crippen LogP contribution >= 0.6 is 11.3 Å². The van der Waals surface area contributed by atoms with Crippen LogP contribution in [0.4, 0.5) is 0 Å². The summed E-state index contributed by atoms with van der Waals surface area (Å²) in [5.41, 5.74) is 0.0113. The Bertz CT molecular complexity index is 640.